The highest BCUT2D eigenvalue weighted by atomic mass is 32.2. The topological polar surface area (TPSA) is 105 Å². The Kier molecular flexibility index (Phi) is 7.05. The summed E-state index contributed by atoms with van der Waals surface area (Å²) >= 11 is 0. The molecule has 164 valence electrons. The Morgan fingerprint density at radius 3 is 2.47 bits per heavy atom. The number of ether oxygens (including phenoxy) is 1. The highest BCUT2D eigenvalue weighted by Crippen LogP contribution is 2.31. The van der Waals surface area contributed by atoms with E-state index in [2.05, 4.69) is 10.5 Å². The molecule has 1 aromatic carbocycles. The van der Waals surface area contributed by atoms with Crippen molar-refractivity contribution in [2.24, 2.45) is 10.5 Å². The summed E-state index contributed by atoms with van der Waals surface area (Å²) in [4.78, 5) is 24.2. The lowest BCUT2D eigenvalue weighted by Crippen LogP contribution is -2.40. The van der Waals surface area contributed by atoms with Crippen LogP contribution in [0.5, 0.6) is 0 Å². The monoisotopic (exact) mass is 435 g/mol. The van der Waals surface area contributed by atoms with Gasteiger partial charge in [0, 0.05) is 38.1 Å². The average Bonchev–Trinajstić information content (AvgIpc) is 2.70. The molecule has 0 unspecified atom stereocenters. The minimum atomic E-state index is -3.52. The molecule has 1 saturated heterocycles. The first kappa shape index (κ1) is 22.6. The van der Waals surface area contributed by atoms with Crippen LogP contribution >= 0.6 is 0 Å². The fourth-order valence-corrected chi connectivity index (χ4v) is 5.21. The van der Waals surface area contributed by atoms with Gasteiger partial charge in [-0.1, -0.05) is 26.0 Å². The van der Waals surface area contributed by atoms with E-state index >= 15 is 0 Å². The number of aryl methyl sites for hydroxylation is 1. The second-order valence-electron chi connectivity index (χ2n) is 8.61. The summed E-state index contributed by atoms with van der Waals surface area (Å²) in [5.74, 6) is -0.0882. The maximum atomic E-state index is 12.6. The number of carbonyl (C=O) groups is 2. The maximum absolute atomic E-state index is 12.6. The van der Waals surface area contributed by atoms with Crippen LogP contribution in [-0.2, 0) is 30.8 Å². The molecule has 2 aliphatic rings. The van der Waals surface area contributed by atoms with Crippen LogP contribution in [0.15, 0.2) is 34.3 Å². The van der Waals surface area contributed by atoms with Gasteiger partial charge in [-0.3, -0.25) is 9.59 Å². The Morgan fingerprint density at radius 1 is 1.17 bits per heavy atom. The van der Waals surface area contributed by atoms with Crippen LogP contribution in [0.3, 0.4) is 0 Å². The number of benzene rings is 1. The molecule has 9 heteroatoms. The first-order valence-electron chi connectivity index (χ1n) is 10.2. The van der Waals surface area contributed by atoms with Crippen molar-refractivity contribution in [1.82, 2.24) is 9.73 Å². The van der Waals surface area contributed by atoms with Crippen LogP contribution in [0.25, 0.3) is 0 Å². The molecule has 1 aromatic rings. The predicted molar refractivity (Wildman–Crippen MR) is 113 cm³/mol. The molecule has 8 nitrogen and oxygen atoms in total. The Hall–Kier alpha value is -2.10. The second kappa shape index (κ2) is 9.36. The number of nitrogens with one attached hydrogen (secondary N) is 1. The van der Waals surface area contributed by atoms with Crippen LogP contribution in [0.1, 0.15) is 45.1 Å². The van der Waals surface area contributed by atoms with Gasteiger partial charge in [0.15, 0.2) is 0 Å². The van der Waals surface area contributed by atoms with E-state index in [1.165, 1.54) is 4.31 Å². The number of hydrazone groups is 1. The van der Waals surface area contributed by atoms with Gasteiger partial charge in [-0.15, -0.1) is 0 Å². The van der Waals surface area contributed by atoms with Crippen molar-refractivity contribution in [2.75, 3.05) is 26.3 Å². The molecule has 1 saturated carbocycles. The zero-order valence-corrected chi connectivity index (χ0v) is 18.3. The van der Waals surface area contributed by atoms with Crippen LogP contribution in [0.4, 0.5) is 0 Å². The van der Waals surface area contributed by atoms with Gasteiger partial charge in [0.1, 0.15) is 5.78 Å². The molecule has 3 rings (SSSR count). The summed E-state index contributed by atoms with van der Waals surface area (Å²) in [5, 5.41) is 4.14. The van der Waals surface area contributed by atoms with Gasteiger partial charge in [0.2, 0.25) is 15.9 Å². The van der Waals surface area contributed by atoms with Crippen LogP contribution in [0.2, 0.25) is 0 Å². The lowest BCUT2D eigenvalue weighted by molar-refractivity contribution is -0.122. The van der Waals surface area contributed by atoms with Gasteiger partial charge in [-0.2, -0.15) is 9.41 Å². The molecule has 2 fully saturated rings. The van der Waals surface area contributed by atoms with Crippen molar-refractivity contribution in [3.05, 3.63) is 29.8 Å². The SMILES string of the molecule is CC1(C)CC(=O)CC(=NNC(=O)CCc2ccc(S(=O)(=O)N3CCOCC3)cc2)C1. The summed E-state index contributed by atoms with van der Waals surface area (Å²) in [6.45, 7) is 5.56. The lowest BCUT2D eigenvalue weighted by Gasteiger charge is -2.29. The Labute approximate surface area is 177 Å². The Bertz CT molecular complexity index is 916. The molecule has 1 aliphatic carbocycles. The van der Waals surface area contributed by atoms with Crippen molar-refractivity contribution < 1.29 is 22.7 Å². The first-order chi connectivity index (χ1) is 14.2. The zero-order valence-electron chi connectivity index (χ0n) is 17.5. The molecule has 0 atom stereocenters. The standard InChI is InChI=1S/C21H29N3O5S/c1-21(2)14-17(13-18(25)15-21)22-23-20(26)8-5-16-3-6-19(7-4-16)30(27,28)24-9-11-29-12-10-24/h3-4,6-7H,5,8-15H2,1-2H3,(H,23,26). The molecule has 1 aliphatic heterocycles. The lowest BCUT2D eigenvalue weighted by atomic mass is 9.76. The normalized spacial score (nSPS) is 21.5. The second-order valence-corrected chi connectivity index (χ2v) is 10.5. The fourth-order valence-electron chi connectivity index (χ4n) is 3.80. The van der Waals surface area contributed by atoms with E-state index in [0.717, 1.165) is 5.56 Å². The van der Waals surface area contributed by atoms with E-state index < -0.39 is 10.0 Å². The number of rotatable bonds is 6. The summed E-state index contributed by atoms with van der Waals surface area (Å²) in [5.41, 5.74) is 4.00. The minimum absolute atomic E-state index is 0.123. The Balaban J connectivity index is 1.52. The Morgan fingerprint density at radius 2 is 1.83 bits per heavy atom. The van der Waals surface area contributed by atoms with Gasteiger partial charge in [0.25, 0.3) is 0 Å². The van der Waals surface area contributed by atoms with E-state index in [-0.39, 0.29) is 28.4 Å². The molecule has 1 amide bonds. The summed E-state index contributed by atoms with van der Waals surface area (Å²) in [6, 6.07) is 6.62. The minimum Gasteiger partial charge on any atom is -0.379 e. The van der Waals surface area contributed by atoms with Crippen LogP contribution in [-0.4, -0.2) is 56.4 Å². The molecule has 0 spiro atoms. The zero-order chi connectivity index (χ0) is 21.8. The smallest absolute Gasteiger partial charge is 0.243 e. The van der Waals surface area contributed by atoms with E-state index in [0.29, 0.717) is 57.7 Å². The van der Waals surface area contributed by atoms with Gasteiger partial charge in [0.05, 0.1) is 18.1 Å². The highest BCUT2D eigenvalue weighted by Gasteiger charge is 2.30. The fraction of sp³-hybridized carbons (Fsp3) is 0.571. The summed E-state index contributed by atoms with van der Waals surface area (Å²) < 4.78 is 31.9. The predicted octanol–water partition coefficient (Wildman–Crippen LogP) is 1.89. The van der Waals surface area contributed by atoms with E-state index in [9.17, 15) is 18.0 Å². The third-order valence-corrected chi connectivity index (χ3v) is 7.18. The number of nitrogens with zero attached hydrogens (tertiary/aromatic N) is 2. The number of carbonyl (C=O) groups excluding carboxylic acids is 2. The van der Waals surface area contributed by atoms with Gasteiger partial charge in [-0.25, -0.2) is 13.8 Å². The third-order valence-electron chi connectivity index (χ3n) is 5.27. The largest absolute Gasteiger partial charge is 0.379 e. The van der Waals surface area contributed by atoms with Gasteiger partial charge in [-0.05, 0) is 36.0 Å². The quantitative estimate of drug-likeness (QED) is 0.687. The molecule has 0 radical (unpaired) electrons. The van der Waals surface area contributed by atoms with Crippen molar-refractivity contribution in [2.45, 2.75) is 50.8 Å². The van der Waals surface area contributed by atoms with Crippen LogP contribution in [0, 0.1) is 5.41 Å². The molecular weight excluding hydrogens is 406 g/mol. The summed E-state index contributed by atoms with van der Waals surface area (Å²) in [6.07, 6.45) is 2.22. The number of hydrogen-bond acceptors (Lipinski definition) is 6. The number of ketones is 1. The highest BCUT2D eigenvalue weighted by molar-refractivity contribution is 7.89. The molecule has 1 N–H and O–H groups in total. The molecule has 0 bridgehead atoms. The summed E-state index contributed by atoms with van der Waals surface area (Å²) in [7, 11) is -3.52. The van der Waals surface area contributed by atoms with Gasteiger partial charge >= 0.3 is 0 Å². The van der Waals surface area contributed by atoms with Crippen molar-refractivity contribution in [3.8, 4) is 0 Å². The van der Waals surface area contributed by atoms with E-state index in [1.54, 1.807) is 24.3 Å². The number of morpholine rings is 1. The van der Waals surface area contributed by atoms with Crippen molar-refractivity contribution in [1.29, 1.82) is 0 Å². The van der Waals surface area contributed by atoms with Crippen molar-refractivity contribution >= 4 is 27.4 Å². The number of hydrogen-bond donors (Lipinski definition) is 1. The third kappa shape index (κ3) is 5.96. The van der Waals surface area contributed by atoms with Crippen molar-refractivity contribution in [3.63, 3.8) is 0 Å². The molecule has 0 aromatic heterocycles. The number of sulfonamides is 1. The van der Waals surface area contributed by atoms with Gasteiger partial charge < -0.3 is 4.74 Å². The molecule has 1 heterocycles. The molecular formula is C21H29N3O5S. The molecule has 30 heavy (non-hydrogen) atoms. The number of Topliss-reactive ketones (excluding diaryl/α,β-unsaturated/α-hetero) is 1. The van der Waals surface area contributed by atoms with E-state index in [4.69, 9.17) is 4.74 Å². The maximum Gasteiger partial charge on any atom is 0.243 e. The van der Waals surface area contributed by atoms with E-state index in [1.807, 2.05) is 13.8 Å². The first-order valence-corrected chi connectivity index (χ1v) is 11.6. The average molecular weight is 436 g/mol. The van der Waals surface area contributed by atoms with Crippen LogP contribution < -0.4 is 5.43 Å². The number of amides is 1.